The van der Waals surface area contributed by atoms with Crippen molar-refractivity contribution in [1.29, 1.82) is 0 Å². The van der Waals surface area contributed by atoms with Crippen LogP contribution in [0.5, 0.6) is 11.5 Å². The summed E-state index contributed by atoms with van der Waals surface area (Å²) < 4.78 is 35.2. The molecule has 103 heavy (non-hydrogen) atoms. The first kappa shape index (κ1) is 71.4. The number of anilines is 3. The van der Waals surface area contributed by atoms with Crippen molar-refractivity contribution in [2.75, 3.05) is 36.8 Å². The third-order valence-corrected chi connectivity index (χ3v) is 26.8. The molecule has 16 saturated carbocycles. The molecule has 2 unspecified atom stereocenters. The van der Waals surface area contributed by atoms with Crippen LogP contribution in [0.4, 0.5) is 36.2 Å². The van der Waals surface area contributed by atoms with Gasteiger partial charge >= 0.3 is 24.4 Å². The molecule has 6 aromatic carbocycles. The first-order valence-corrected chi connectivity index (χ1v) is 39.6. The summed E-state index contributed by atoms with van der Waals surface area (Å²) in [6.45, 7) is 7.94. The molecule has 4 amide bonds. The summed E-state index contributed by atoms with van der Waals surface area (Å²) in [7, 11) is 3.24. The lowest BCUT2D eigenvalue weighted by Crippen LogP contribution is -2.56. The van der Waals surface area contributed by atoms with E-state index in [2.05, 4.69) is 76.2 Å². The fraction of sp³-hybridized carbons (Fsp3) is 0.540. The third-order valence-electron chi connectivity index (χ3n) is 26.0. The zero-order valence-corrected chi connectivity index (χ0v) is 63.1. The molecule has 0 heterocycles. The Kier molecular flexibility index (Phi) is 20.5. The minimum Gasteiger partial charge on any atom is -0.497 e. The lowest BCUT2D eigenvalue weighted by Gasteiger charge is -2.65. The van der Waals surface area contributed by atoms with E-state index in [4.69, 9.17) is 40.0 Å². The normalized spacial score (nSPS) is 33.3. The molecule has 16 heteroatoms. The fourth-order valence-electron chi connectivity index (χ4n) is 24.2. The predicted molar refractivity (Wildman–Crippen MR) is 408 cm³/mol. The fourth-order valence-corrected chi connectivity index (χ4v) is 24.6. The molecule has 16 aliphatic rings. The molecule has 16 bridgehead atoms. The quantitative estimate of drug-likeness (QED) is 0.0769. The van der Waals surface area contributed by atoms with Crippen LogP contribution in [0.3, 0.4) is 0 Å². The van der Waals surface area contributed by atoms with Crippen LogP contribution in [-0.2, 0) is 25.5 Å². The molecule has 0 aromatic heterocycles. The number of hydrogen-bond acceptors (Lipinski definition) is 10. The molecule has 22 rings (SSSR count). The molecule has 16 aliphatic carbocycles. The summed E-state index contributed by atoms with van der Waals surface area (Å²) in [5.41, 5.74) is 9.58. The van der Waals surface area contributed by atoms with Crippen LogP contribution < -0.4 is 30.7 Å². The van der Waals surface area contributed by atoms with Gasteiger partial charge in [0.25, 0.3) is 0 Å². The van der Waals surface area contributed by atoms with Crippen molar-refractivity contribution in [3.05, 3.63) is 160 Å². The van der Waals surface area contributed by atoms with Gasteiger partial charge in [0.15, 0.2) is 0 Å². The van der Waals surface area contributed by atoms with Gasteiger partial charge in [-0.2, -0.15) is 0 Å². The van der Waals surface area contributed by atoms with Crippen molar-refractivity contribution in [3.8, 4) is 33.8 Å². The van der Waals surface area contributed by atoms with E-state index in [-0.39, 0.29) is 47.1 Å². The third kappa shape index (κ3) is 16.9. The molecule has 0 saturated heterocycles. The van der Waals surface area contributed by atoms with E-state index >= 15 is 0 Å². The highest BCUT2D eigenvalue weighted by Gasteiger charge is 2.61. The maximum Gasteiger partial charge on any atom is 0.412 e. The van der Waals surface area contributed by atoms with E-state index in [0.29, 0.717) is 47.3 Å². The first-order valence-electron chi connectivity index (χ1n) is 38.4. The lowest BCUT2D eigenvalue weighted by atomic mass is 9.40. The number of aryl methyl sites for hydroxylation is 1. The number of rotatable bonds is 14. The van der Waals surface area contributed by atoms with Crippen LogP contribution in [0.1, 0.15) is 173 Å². The van der Waals surface area contributed by atoms with Crippen molar-refractivity contribution in [2.45, 2.75) is 192 Å². The molecule has 4 N–H and O–H groups in total. The summed E-state index contributed by atoms with van der Waals surface area (Å²) in [5, 5.41) is 12.4. The molecule has 2 atom stereocenters. The second-order valence-corrected chi connectivity index (χ2v) is 36.3. The van der Waals surface area contributed by atoms with Gasteiger partial charge in [0, 0.05) is 44.6 Å². The number of carbonyl (C=O) groups excluding carboxylic acids is 4. The smallest absolute Gasteiger partial charge is 0.412 e. The number of carbonyl (C=O) groups is 4. The van der Waals surface area contributed by atoms with Gasteiger partial charge in [-0.15, -0.1) is 0 Å². The van der Waals surface area contributed by atoms with Crippen LogP contribution >= 0.6 is 27.5 Å². The van der Waals surface area contributed by atoms with Gasteiger partial charge < -0.3 is 33.7 Å². The molecular weight excluding hydrogens is 1380 g/mol. The van der Waals surface area contributed by atoms with E-state index in [1.54, 1.807) is 14.2 Å². The molecule has 546 valence electrons. The molecule has 0 aliphatic heterocycles. The number of ether oxygens (including phenoxy) is 6. The van der Waals surface area contributed by atoms with Gasteiger partial charge in [0.1, 0.15) is 28.8 Å². The van der Waals surface area contributed by atoms with Crippen molar-refractivity contribution in [3.63, 3.8) is 0 Å². The number of nitrogens with one attached hydrogen (secondary N) is 4. The zero-order chi connectivity index (χ0) is 71.3. The second-order valence-electron chi connectivity index (χ2n) is 34.9. The van der Waals surface area contributed by atoms with E-state index in [9.17, 15) is 19.2 Å². The maximum atomic E-state index is 12.6. The van der Waals surface area contributed by atoms with Gasteiger partial charge in [-0.05, 0) is 337 Å². The van der Waals surface area contributed by atoms with Crippen molar-refractivity contribution >= 4 is 69.0 Å². The Labute approximate surface area is 622 Å². The standard InChI is InChI=1S/C24H26ClNO2.C23H25NO2.C20H26BrNO2.C20H27NO4/c1-14-2-5-20(25)13-22(14)17-3-6-21(7-4-17)26-24(27)28-23-18-9-15-8-16(11-18)12-19(23)10-15;25-22(26-23-13-16-9-17(14-23)11-18(10-16)15-23)24-21-8-4-7-20(12-21)19-5-2-1-3-6-19;1-18-7-14-8-19(2,10-18)12-20(9-14,11-18)13-24-17(23)22-16-5-3-15(21)4-6-16;1-23-17-6-16(7-18(8-17)24-2)12-21-19(22)25-20-9-13-3-14(10-20)5-15(4-13)11-20/h2-7,13,15-16,18-19,23H,8-12H2,1H3,(H,26,27);1-8,12,16-18H,9-11,13-15H2,(H,24,25);3-6,14H,7-13H2,1-2H3,(H,22,23);6-8,13-15H,3-5,9-12H2,1-2H3,(H,21,22). The van der Waals surface area contributed by atoms with E-state index in [0.717, 1.165) is 146 Å². The Balaban J connectivity index is 0.000000111. The number of hydrogen-bond donors (Lipinski definition) is 4. The highest BCUT2D eigenvalue weighted by molar-refractivity contribution is 9.10. The average Bonchev–Trinajstić information content (AvgIpc) is 0.730. The number of alkyl carbamates (subject to hydrolysis) is 1. The molecule has 16 fully saturated rings. The largest absolute Gasteiger partial charge is 0.497 e. The molecule has 14 nitrogen and oxygen atoms in total. The van der Waals surface area contributed by atoms with Crippen LogP contribution in [-0.4, -0.2) is 62.5 Å². The number of halogens is 2. The average molecular weight is 1480 g/mol. The van der Waals surface area contributed by atoms with Crippen LogP contribution in [0.25, 0.3) is 22.3 Å². The highest BCUT2D eigenvalue weighted by atomic mass is 79.9. The second kappa shape index (κ2) is 29.6. The SMILES string of the molecule is CC12CC3CC(C)(C1)CC(COC(=O)Nc1ccc(Br)cc1)(C3)C2.COc1cc(CNC(=O)OC23CC4CC(CC(C4)C2)C3)cc(OC)c1.Cc1ccc(Cl)cc1-c1ccc(NC(=O)OC2C3CC4CC(C3)CC2C4)cc1.O=C(Nc1cccc(-c2ccccc2)c1)OC12CC3CC(CC(C3)C1)C2. The summed E-state index contributed by atoms with van der Waals surface area (Å²) in [5.74, 6) is 9.79. The molecule has 0 spiro atoms. The van der Waals surface area contributed by atoms with Gasteiger partial charge in [-0.1, -0.05) is 102 Å². The Morgan fingerprint density at radius 2 is 0.971 bits per heavy atom. The summed E-state index contributed by atoms with van der Waals surface area (Å²) in [4.78, 5) is 49.7. The summed E-state index contributed by atoms with van der Waals surface area (Å²) in [6, 6.07) is 45.1. The molecule has 0 radical (unpaired) electrons. The Bertz CT molecular complexity index is 3910. The summed E-state index contributed by atoms with van der Waals surface area (Å²) >= 11 is 9.54. The van der Waals surface area contributed by atoms with Crippen molar-refractivity contribution in [2.24, 2.45) is 81.3 Å². The Hall–Kier alpha value is -7.23. The Morgan fingerprint density at radius 1 is 0.466 bits per heavy atom. The van der Waals surface area contributed by atoms with E-state index < -0.39 is 0 Å². The van der Waals surface area contributed by atoms with Crippen molar-refractivity contribution < 1.29 is 47.6 Å². The van der Waals surface area contributed by atoms with Gasteiger partial charge in [-0.25, -0.2) is 19.2 Å². The first-order chi connectivity index (χ1) is 49.6. The van der Waals surface area contributed by atoms with Crippen LogP contribution in [0.2, 0.25) is 5.02 Å². The monoisotopic (exact) mass is 1480 g/mol. The van der Waals surface area contributed by atoms with Gasteiger partial charge in [0.2, 0.25) is 0 Å². The lowest BCUT2D eigenvalue weighted by molar-refractivity contribution is -0.159. The summed E-state index contributed by atoms with van der Waals surface area (Å²) in [6.07, 6.45) is 27.5. The van der Waals surface area contributed by atoms with Crippen molar-refractivity contribution in [1.82, 2.24) is 5.32 Å². The number of methoxy groups -OCH3 is 2. The predicted octanol–water partition coefficient (Wildman–Crippen LogP) is 22.5. The zero-order valence-electron chi connectivity index (χ0n) is 60.7. The topological polar surface area (TPSA) is 172 Å². The van der Waals surface area contributed by atoms with E-state index in [1.807, 2.05) is 121 Å². The minimum absolute atomic E-state index is 0.112. The minimum atomic E-state index is -0.330. The van der Waals surface area contributed by atoms with Gasteiger partial charge in [0.05, 0.1) is 20.8 Å². The van der Waals surface area contributed by atoms with Gasteiger partial charge in [-0.3, -0.25) is 16.0 Å². The van der Waals surface area contributed by atoms with Crippen LogP contribution in [0.15, 0.2) is 144 Å². The number of amides is 4. The van der Waals surface area contributed by atoms with Crippen LogP contribution in [0, 0.1) is 88.3 Å². The number of benzene rings is 6. The molecular formula is C87H104BrClN4O10. The molecule has 6 aromatic rings. The Morgan fingerprint density at radius 3 is 1.51 bits per heavy atom. The maximum absolute atomic E-state index is 12.6. The highest BCUT2D eigenvalue weighted by Crippen LogP contribution is 2.70. The van der Waals surface area contributed by atoms with E-state index in [1.165, 1.54) is 115 Å².